The van der Waals surface area contributed by atoms with Crippen molar-refractivity contribution in [3.63, 3.8) is 0 Å². The summed E-state index contributed by atoms with van der Waals surface area (Å²) in [5, 5.41) is 6.89. The standard InChI is InChI=1S/C20H44N6.HI/c1-8-21-20(22-10-11-26(17(3)4)18(5)6)23-16-19(7)25-14-12-24(9-2)13-15-25;/h17-19H,8-16H2,1-7H3,(H2,21,22,23);1H. The Hall–Kier alpha value is -0.120. The Morgan fingerprint density at radius 1 is 0.963 bits per heavy atom. The van der Waals surface area contributed by atoms with Crippen molar-refractivity contribution >= 4 is 29.9 Å². The maximum absolute atomic E-state index is 4.83. The van der Waals surface area contributed by atoms with Crippen LogP contribution in [0.5, 0.6) is 0 Å². The molecule has 1 fully saturated rings. The third kappa shape index (κ3) is 10.3. The van der Waals surface area contributed by atoms with Crippen molar-refractivity contribution < 1.29 is 0 Å². The lowest BCUT2D eigenvalue weighted by molar-refractivity contribution is 0.109. The molecule has 0 spiro atoms. The van der Waals surface area contributed by atoms with Crippen LogP contribution in [0.1, 0.15) is 48.5 Å². The average molecular weight is 497 g/mol. The maximum atomic E-state index is 4.83. The molecule has 1 heterocycles. The zero-order valence-corrected chi connectivity index (χ0v) is 21.1. The largest absolute Gasteiger partial charge is 0.357 e. The van der Waals surface area contributed by atoms with Gasteiger partial charge < -0.3 is 15.5 Å². The van der Waals surface area contributed by atoms with E-state index >= 15 is 0 Å². The van der Waals surface area contributed by atoms with Gasteiger partial charge in [-0.25, -0.2) is 0 Å². The first-order chi connectivity index (χ1) is 12.4. The molecule has 2 N–H and O–H groups in total. The molecular formula is C20H45IN6. The number of hydrogen-bond donors (Lipinski definition) is 2. The van der Waals surface area contributed by atoms with Gasteiger partial charge >= 0.3 is 0 Å². The van der Waals surface area contributed by atoms with E-state index in [0.717, 1.165) is 45.2 Å². The number of aliphatic imine (C=N–C) groups is 1. The molecule has 1 saturated heterocycles. The second kappa shape index (κ2) is 14.8. The van der Waals surface area contributed by atoms with Crippen molar-refractivity contribution in [2.24, 2.45) is 4.99 Å². The van der Waals surface area contributed by atoms with Crippen LogP contribution in [0.15, 0.2) is 4.99 Å². The van der Waals surface area contributed by atoms with Gasteiger partial charge in [0.05, 0.1) is 6.54 Å². The molecule has 7 heteroatoms. The van der Waals surface area contributed by atoms with Gasteiger partial charge in [-0.15, -0.1) is 24.0 Å². The summed E-state index contributed by atoms with van der Waals surface area (Å²) >= 11 is 0. The van der Waals surface area contributed by atoms with E-state index in [1.165, 1.54) is 19.6 Å². The minimum absolute atomic E-state index is 0. The highest BCUT2D eigenvalue weighted by Crippen LogP contribution is 2.06. The molecule has 0 bridgehead atoms. The van der Waals surface area contributed by atoms with Gasteiger partial charge in [0, 0.05) is 63.9 Å². The van der Waals surface area contributed by atoms with Crippen molar-refractivity contribution in [3.8, 4) is 0 Å². The fourth-order valence-electron chi connectivity index (χ4n) is 3.62. The fraction of sp³-hybridized carbons (Fsp3) is 0.950. The first kappa shape index (κ1) is 26.9. The minimum Gasteiger partial charge on any atom is -0.357 e. The summed E-state index contributed by atoms with van der Waals surface area (Å²) in [6, 6.07) is 1.63. The summed E-state index contributed by atoms with van der Waals surface area (Å²) in [6.07, 6.45) is 0. The van der Waals surface area contributed by atoms with Crippen molar-refractivity contribution in [2.45, 2.75) is 66.6 Å². The highest BCUT2D eigenvalue weighted by Gasteiger charge is 2.20. The van der Waals surface area contributed by atoms with Gasteiger partial charge in [0.1, 0.15) is 0 Å². The van der Waals surface area contributed by atoms with E-state index in [0.29, 0.717) is 18.1 Å². The van der Waals surface area contributed by atoms with Crippen LogP contribution in [0.3, 0.4) is 0 Å². The van der Waals surface area contributed by atoms with Gasteiger partial charge in [0.25, 0.3) is 0 Å². The molecule has 0 saturated carbocycles. The van der Waals surface area contributed by atoms with Crippen molar-refractivity contribution in [2.75, 3.05) is 58.9 Å². The van der Waals surface area contributed by atoms with E-state index in [1.54, 1.807) is 0 Å². The third-order valence-electron chi connectivity index (χ3n) is 5.32. The summed E-state index contributed by atoms with van der Waals surface area (Å²) in [7, 11) is 0. The quantitative estimate of drug-likeness (QED) is 0.276. The van der Waals surface area contributed by atoms with Gasteiger partial charge in [0.2, 0.25) is 0 Å². The molecule has 6 nitrogen and oxygen atoms in total. The van der Waals surface area contributed by atoms with Crippen LogP contribution in [0.2, 0.25) is 0 Å². The lowest BCUT2D eigenvalue weighted by Gasteiger charge is -2.37. The van der Waals surface area contributed by atoms with Crippen LogP contribution in [0.4, 0.5) is 0 Å². The summed E-state index contributed by atoms with van der Waals surface area (Å²) in [5.74, 6) is 0.944. The molecule has 0 radical (unpaired) electrons. The molecule has 0 aliphatic carbocycles. The average Bonchev–Trinajstić information content (AvgIpc) is 2.62. The van der Waals surface area contributed by atoms with Crippen LogP contribution in [-0.2, 0) is 0 Å². The number of nitrogens with one attached hydrogen (secondary N) is 2. The number of likely N-dealkylation sites (N-methyl/N-ethyl adjacent to an activating group) is 1. The number of hydrogen-bond acceptors (Lipinski definition) is 4. The molecule has 1 aliphatic heterocycles. The Balaban J connectivity index is 0.00000676. The Bertz CT molecular complexity index is 386. The van der Waals surface area contributed by atoms with Crippen LogP contribution < -0.4 is 10.6 Å². The Morgan fingerprint density at radius 2 is 1.56 bits per heavy atom. The number of guanidine groups is 1. The zero-order valence-electron chi connectivity index (χ0n) is 18.8. The number of halogens is 1. The zero-order chi connectivity index (χ0) is 19.5. The van der Waals surface area contributed by atoms with Gasteiger partial charge in [-0.1, -0.05) is 6.92 Å². The Kier molecular flexibility index (Phi) is 14.8. The third-order valence-corrected chi connectivity index (χ3v) is 5.32. The molecule has 0 aromatic heterocycles. The normalized spacial score (nSPS) is 18.1. The summed E-state index contributed by atoms with van der Waals surface area (Å²) in [5.41, 5.74) is 0. The van der Waals surface area contributed by atoms with E-state index in [1.807, 2.05) is 0 Å². The molecule has 1 aliphatic rings. The SMILES string of the molecule is CCNC(=NCC(C)N1CCN(CC)CC1)NCCN(C(C)C)C(C)C.I. The monoisotopic (exact) mass is 496 g/mol. The summed E-state index contributed by atoms with van der Waals surface area (Å²) in [6.45, 7) is 25.3. The number of rotatable bonds is 10. The highest BCUT2D eigenvalue weighted by molar-refractivity contribution is 14.0. The van der Waals surface area contributed by atoms with Crippen LogP contribution in [0.25, 0.3) is 0 Å². The first-order valence-electron chi connectivity index (χ1n) is 10.6. The second-order valence-electron chi connectivity index (χ2n) is 7.89. The fourth-order valence-corrected chi connectivity index (χ4v) is 3.62. The van der Waals surface area contributed by atoms with Crippen LogP contribution >= 0.6 is 24.0 Å². The van der Waals surface area contributed by atoms with Crippen molar-refractivity contribution in [3.05, 3.63) is 0 Å². The Labute approximate surface area is 185 Å². The molecule has 1 atom stereocenters. The van der Waals surface area contributed by atoms with Crippen LogP contribution in [-0.4, -0.2) is 97.7 Å². The van der Waals surface area contributed by atoms with E-state index in [-0.39, 0.29) is 24.0 Å². The molecule has 0 amide bonds. The van der Waals surface area contributed by atoms with Crippen molar-refractivity contribution in [1.29, 1.82) is 0 Å². The first-order valence-corrected chi connectivity index (χ1v) is 10.6. The van der Waals surface area contributed by atoms with E-state index in [4.69, 9.17) is 4.99 Å². The van der Waals surface area contributed by atoms with E-state index < -0.39 is 0 Å². The maximum Gasteiger partial charge on any atom is 0.191 e. The topological polar surface area (TPSA) is 46.1 Å². The van der Waals surface area contributed by atoms with Gasteiger partial charge in [-0.3, -0.25) is 14.8 Å². The smallest absolute Gasteiger partial charge is 0.191 e. The predicted octanol–water partition coefficient (Wildman–Crippen LogP) is 2.30. The van der Waals surface area contributed by atoms with Gasteiger partial charge in [-0.05, 0) is 48.1 Å². The number of nitrogens with zero attached hydrogens (tertiary/aromatic N) is 4. The minimum atomic E-state index is 0. The summed E-state index contributed by atoms with van der Waals surface area (Å²) < 4.78 is 0. The molecule has 1 rings (SSSR count). The molecule has 0 aromatic carbocycles. The van der Waals surface area contributed by atoms with Gasteiger partial charge in [0.15, 0.2) is 5.96 Å². The highest BCUT2D eigenvalue weighted by atomic mass is 127. The van der Waals surface area contributed by atoms with Crippen LogP contribution in [0, 0.1) is 0 Å². The van der Waals surface area contributed by atoms with Crippen molar-refractivity contribution in [1.82, 2.24) is 25.3 Å². The number of piperazine rings is 1. The van der Waals surface area contributed by atoms with E-state index in [9.17, 15) is 0 Å². The molecule has 162 valence electrons. The van der Waals surface area contributed by atoms with Gasteiger partial charge in [-0.2, -0.15) is 0 Å². The Morgan fingerprint density at radius 3 is 2.04 bits per heavy atom. The molecule has 1 unspecified atom stereocenters. The summed E-state index contributed by atoms with van der Waals surface area (Å²) in [4.78, 5) is 12.4. The molecule has 0 aromatic rings. The predicted molar refractivity (Wildman–Crippen MR) is 130 cm³/mol. The van der Waals surface area contributed by atoms with E-state index in [2.05, 4.69) is 73.8 Å². The second-order valence-corrected chi connectivity index (χ2v) is 7.89. The lowest BCUT2D eigenvalue weighted by Crippen LogP contribution is -2.50. The molecule has 27 heavy (non-hydrogen) atoms. The molecular weight excluding hydrogens is 451 g/mol. The lowest BCUT2D eigenvalue weighted by atomic mass is 10.2.